The van der Waals surface area contributed by atoms with Crippen LogP contribution >= 0.6 is 0 Å². The fraction of sp³-hybridized carbons (Fsp3) is 0.381. The molecule has 1 aliphatic rings. The number of nitrogens with one attached hydrogen (secondary N) is 1. The van der Waals surface area contributed by atoms with E-state index in [1.54, 1.807) is 0 Å². The van der Waals surface area contributed by atoms with Gasteiger partial charge in [0.1, 0.15) is 0 Å². The minimum absolute atomic E-state index is 0.0106. The van der Waals surface area contributed by atoms with E-state index in [-0.39, 0.29) is 5.91 Å². The van der Waals surface area contributed by atoms with Crippen molar-refractivity contribution in [2.24, 2.45) is 0 Å². The summed E-state index contributed by atoms with van der Waals surface area (Å²) in [5, 5.41) is 3.01. The van der Waals surface area contributed by atoms with Gasteiger partial charge >= 0.3 is 0 Å². The molecule has 1 fully saturated rings. The van der Waals surface area contributed by atoms with Crippen LogP contribution in [0.2, 0.25) is 0 Å². The van der Waals surface area contributed by atoms with Gasteiger partial charge in [0.15, 0.2) is 0 Å². The summed E-state index contributed by atoms with van der Waals surface area (Å²) in [6.07, 6.45) is 3.87. The number of rotatable bonds is 6. The first-order valence-corrected chi connectivity index (χ1v) is 9.21. The first kappa shape index (κ1) is 17.3. The van der Waals surface area contributed by atoms with Crippen molar-refractivity contribution in [3.05, 3.63) is 54.6 Å². The topological polar surface area (TPSA) is 35.6 Å². The number of anilines is 3. The van der Waals surface area contributed by atoms with Gasteiger partial charge in [-0.2, -0.15) is 0 Å². The third-order valence-corrected chi connectivity index (χ3v) is 4.71. The van der Waals surface area contributed by atoms with Crippen LogP contribution in [0.15, 0.2) is 54.6 Å². The van der Waals surface area contributed by atoms with Crippen LogP contribution in [0.1, 0.15) is 26.2 Å². The molecule has 0 aromatic heterocycles. The van der Waals surface area contributed by atoms with E-state index in [4.69, 9.17) is 0 Å². The van der Waals surface area contributed by atoms with Crippen LogP contribution in [0, 0.1) is 0 Å². The average molecular weight is 337 g/mol. The molecule has 25 heavy (non-hydrogen) atoms. The van der Waals surface area contributed by atoms with Gasteiger partial charge in [0.2, 0.25) is 5.91 Å². The van der Waals surface area contributed by atoms with Crippen molar-refractivity contribution in [2.45, 2.75) is 26.2 Å². The van der Waals surface area contributed by atoms with Crippen LogP contribution in [-0.2, 0) is 4.79 Å². The van der Waals surface area contributed by atoms with E-state index >= 15 is 0 Å². The number of amides is 1. The largest absolute Gasteiger partial charge is 0.372 e. The van der Waals surface area contributed by atoms with Gasteiger partial charge in [-0.1, -0.05) is 18.2 Å². The van der Waals surface area contributed by atoms with E-state index in [0.717, 1.165) is 31.0 Å². The third kappa shape index (κ3) is 4.75. The minimum Gasteiger partial charge on any atom is -0.372 e. The minimum atomic E-state index is 0.0106. The quantitative estimate of drug-likeness (QED) is 0.860. The Bertz CT molecular complexity index is 663. The van der Waals surface area contributed by atoms with Crippen molar-refractivity contribution in [3.63, 3.8) is 0 Å². The maximum atomic E-state index is 12.4. The maximum Gasteiger partial charge on any atom is 0.243 e. The zero-order chi connectivity index (χ0) is 17.5. The molecule has 1 heterocycles. The summed E-state index contributed by atoms with van der Waals surface area (Å²) in [4.78, 5) is 16.9. The first-order valence-electron chi connectivity index (χ1n) is 9.21. The Labute approximate surface area is 150 Å². The number of hydrogen-bond donors (Lipinski definition) is 1. The van der Waals surface area contributed by atoms with Crippen LogP contribution in [-0.4, -0.2) is 32.1 Å². The number of hydrogen-bond acceptors (Lipinski definition) is 3. The van der Waals surface area contributed by atoms with E-state index in [2.05, 4.69) is 34.2 Å². The molecule has 0 radical (unpaired) electrons. The van der Waals surface area contributed by atoms with Gasteiger partial charge in [-0.15, -0.1) is 0 Å². The molecule has 1 amide bonds. The Balaban J connectivity index is 1.57. The smallest absolute Gasteiger partial charge is 0.243 e. The van der Waals surface area contributed by atoms with Crippen molar-refractivity contribution in [1.82, 2.24) is 0 Å². The number of carbonyl (C=O) groups is 1. The fourth-order valence-electron chi connectivity index (χ4n) is 3.31. The van der Waals surface area contributed by atoms with E-state index in [1.165, 1.54) is 24.9 Å². The number of benzene rings is 2. The van der Waals surface area contributed by atoms with Gasteiger partial charge < -0.3 is 15.1 Å². The molecule has 4 nitrogen and oxygen atoms in total. The zero-order valence-corrected chi connectivity index (χ0v) is 14.9. The Kier molecular flexibility index (Phi) is 5.94. The van der Waals surface area contributed by atoms with Crippen molar-refractivity contribution >= 4 is 23.0 Å². The molecule has 0 bridgehead atoms. The normalized spacial score (nSPS) is 14.2. The SMILES string of the molecule is CCN(CC(=O)Nc1ccc(N2CCCCC2)cc1)c1ccccc1. The predicted octanol–water partition coefficient (Wildman–Crippen LogP) is 4.14. The monoisotopic (exact) mass is 337 g/mol. The summed E-state index contributed by atoms with van der Waals surface area (Å²) in [5.41, 5.74) is 3.17. The summed E-state index contributed by atoms with van der Waals surface area (Å²) in [5.74, 6) is 0.0106. The highest BCUT2D eigenvalue weighted by Gasteiger charge is 2.12. The van der Waals surface area contributed by atoms with Crippen LogP contribution in [0.4, 0.5) is 17.1 Å². The predicted molar refractivity (Wildman–Crippen MR) is 105 cm³/mol. The van der Waals surface area contributed by atoms with Crippen molar-refractivity contribution in [3.8, 4) is 0 Å². The van der Waals surface area contributed by atoms with E-state index in [0.29, 0.717) is 6.54 Å². The molecule has 3 rings (SSSR count). The molecule has 1 N–H and O–H groups in total. The second kappa shape index (κ2) is 8.56. The van der Waals surface area contributed by atoms with Gasteiger partial charge in [0, 0.05) is 36.7 Å². The van der Waals surface area contributed by atoms with Gasteiger partial charge in [0.05, 0.1) is 6.54 Å². The average Bonchev–Trinajstić information content (AvgIpc) is 2.68. The molecule has 1 aliphatic heterocycles. The van der Waals surface area contributed by atoms with Crippen LogP contribution in [0.5, 0.6) is 0 Å². The lowest BCUT2D eigenvalue weighted by atomic mass is 10.1. The Morgan fingerprint density at radius 1 is 1.00 bits per heavy atom. The molecule has 2 aromatic rings. The molecule has 0 spiro atoms. The van der Waals surface area contributed by atoms with Crippen molar-refractivity contribution in [1.29, 1.82) is 0 Å². The van der Waals surface area contributed by atoms with E-state index < -0.39 is 0 Å². The molecule has 132 valence electrons. The third-order valence-electron chi connectivity index (χ3n) is 4.71. The second-order valence-corrected chi connectivity index (χ2v) is 6.49. The summed E-state index contributed by atoms with van der Waals surface area (Å²) in [6.45, 7) is 5.48. The van der Waals surface area contributed by atoms with Crippen molar-refractivity contribution < 1.29 is 4.79 Å². The summed E-state index contributed by atoms with van der Waals surface area (Å²) >= 11 is 0. The molecule has 4 heteroatoms. The molecule has 1 saturated heterocycles. The first-order chi connectivity index (χ1) is 12.3. The van der Waals surface area contributed by atoms with Gasteiger partial charge in [0.25, 0.3) is 0 Å². The number of para-hydroxylation sites is 1. The lowest BCUT2D eigenvalue weighted by Gasteiger charge is -2.29. The second-order valence-electron chi connectivity index (χ2n) is 6.49. The molecular formula is C21H27N3O. The van der Waals surface area contributed by atoms with E-state index in [9.17, 15) is 4.79 Å². The molecule has 0 unspecified atom stereocenters. The highest BCUT2D eigenvalue weighted by Crippen LogP contribution is 2.22. The van der Waals surface area contributed by atoms with Crippen LogP contribution < -0.4 is 15.1 Å². The van der Waals surface area contributed by atoms with Gasteiger partial charge in [-0.3, -0.25) is 4.79 Å². The number of piperidine rings is 1. The Morgan fingerprint density at radius 2 is 1.68 bits per heavy atom. The summed E-state index contributed by atoms with van der Waals surface area (Å²) in [6, 6.07) is 18.3. The van der Waals surface area contributed by atoms with E-state index in [1.807, 2.05) is 42.5 Å². The Hall–Kier alpha value is -2.49. The Morgan fingerprint density at radius 3 is 2.32 bits per heavy atom. The summed E-state index contributed by atoms with van der Waals surface area (Å²) in [7, 11) is 0. The molecule has 0 saturated carbocycles. The van der Waals surface area contributed by atoms with Gasteiger partial charge in [-0.25, -0.2) is 0 Å². The maximum absolute atomic E-state index is 12.4. The molecule has 0 aliphatic carbocycles. The highest BCUT2D eigenvalue weighted by atomic mass is 16.2. The molecule has 0 atom stereocenters. The van der Waals surface area contributed by atoms with Crippen LogP contribution in [0.25, 0.3) is 0 Å². The molecule has 2 aromatic carbocycles. The fourth-order valence-corrected chi connectivity index (χ4v) is 3.31. The van der Waals surface area contributed by atoms with Crippen LogP contribution in [0.3, 0.4) is 0 Å². The highest BCUT2D eigenvalue weighted by molar-refractivity contribution is 5.94. The lowest BCUT2D eigenvalue weighted by Crippen LogP contribution is -2.33. The van der Waals surface area contributed by atoms with Crippen molar-refractivity contribution in [2.75, 3.05) is 41.3 Å². The van der Waals surface area contributed by atoms with Gasteiger partial charge in [-0.05, 0) is 62.6 Å². The molecular weight excluding hydrogens is 310 g/mol. The lowest BCUT2D eigenvalue weighted by molar-refractivity contribution is -0.115. The standard InChI is InChI=1S/C21H27N3O/c1-2-23(19-9-5-3-6-10-19)17-21(25)22-18-11-13-20(14-12-18)24-15-7-4-8-16-24/h3,5-6,9-14H,2,4,7-8,15-17H2,1H3,(H,22,25). The summed E-state index contributed by atoms with van der Waals surface area (Å²) < 4.78 is 0. The number of nitrogens with zero attached hydrogens (tertiary/aromatic N) is 2. The zero-order valence-electron chi connectivity index (χ0n) is 14.9. The number of likely N-dealkylation sites (N-methyl/N-ethyl adjacent to an activating group) is 1. The number of carbonyl (C=O) groups excluding carboxylic acids is 1.